The molecule has 1 N–H and O–H groups in total. The molecule has 0 aliphatic carbocycles. The number of hydrogen-bond donors (Lipinski definition) is 1. The minimum atomic E-state index is -0.867. The zero-order chi connectivity index (χ0) is 25.9. The van der Waals surface area contributed by atoms with Crippen LogP contribution in [-0.4, -0.2) is 35.9 Å². The molecule has 8 heteroatoms. The summed E-state index contributed by atoms with van der Waals surface area (Å²) in [5, 5.41) is 3.69. The molecule has 1 atom stereocenters. The van der Waals surface area contributed by atoms with Gasteiger partial charge in [-0.15, -0.1) is 0 Å². The van der Waals surface area contributed by atoms with E-state index >= 15 is 0 Å². The lowest BCUT2D eigenvalue weighted by Gasteiger charge is -2.32. The first-order valence-electron chi connectivity index (χ1n) is 11.8. The van der Waals surface area contributed by atoms with Gasteiger partial charge in [-0.05, 0) is 36.2 Å². The molecule has 0 aliphatic rings. The van der Waals surface area contributed by atoms with E-state index in [0.29, 0.717) is 22.2 Å². The first-order valence-corrected chi connectivity index (χ1v) is 12.6. The van der Waals surface area contributed by atoms with Crippen LogP contribution in [0.25, 0.3) is 0 Å². The van der Waals surface area contributed by atoms with E-state index < -0.39 is 24.4 Å². The van der Waals surface area contributed by atoms with Gasteiger partial charge >= 0.3 is 0 Å². The number of ether oxygens (including phenoxy) is 1. The number of carbonyl (C=O) groups is 2. The Balaban J connectivity index is 1.94. The predicted molar refractivity (Wildman–Crippen MR) is 141 cm³/mol. The summed E-state index contributed by atoms with van der Waals surface area (Å²) in [6.07, 6.45) is 1.99. The molecule has 0 spiro atoms. The molecule has 3 rings (SSSR count). The Morgan fingerprint density at radius 3 is 2.31 bits per heavy atom. The van der Waals surface area contributed by atoms with Gasteiger partial charge in [-0.25, -0.2) is 4.39 Å². The Labute approximate surface area is 221 Å². The molecule has 0 aliphatic heterocycles. The second kappa shape index (κ2) is 13.9. The maximum absolute atomic E-state index is 14.1. The summed E-state index contributed by atoms with van der Waals surface area (Å²) >= 11 is 12.8. The number of nitrogens with one attached hydrogen (secondary N) is 1. The average molecular weight is 531 g/mol. The first kappa shape index (κ1) is 27.5. The summed E-state index contributed by atoms with van der Waals surface area (Å²) in [5.41, 5.74) is 1.39. The first-order chi connectivity index (χ1) is 17.4. The van der Waals surface area contributed by atoms with E-state index in [9.17, 15) is 14.0 Å². The summed E-state index contributed by atoms with van der Waals surface area (Å²) in [6.45, 7) is 2.04. The highest BCUT2D eigenvalue weighted by molar-refractivity contribution is 6.36. The van der Waals surface area contributed by atoms with Crippen LogP contribution in [-0.2, 0) is 22.6 Å². The minimum absolute atomic E-state index is 0.0172. The van der Waals surface area contributed by atoms with Gasteiger partial charge in [0.15, 0.2) is 18.2 Å². The maximum Gasteiger partial charge on any atom is 0.261 e. The van der Waals surface area contributed by atoms with Gasteiger partial charge in [-0.1, -0.05) is 85.1 Å². The third-order valence-corrected chi connectivity index (χ3v) is 6.39. The lowest BCUT2D eigenvalue weighted by atomic mass is 10.0. The number of nitrogens with zero attached hydrogens (tertiary/aromatic N) is 1. The van der Waals surface area contributed by atoms with Crippen molar-refractivity contribution in [3.63, 3.8) is 0 Å². The molecule has 2 amide bonds. The summed E-state index contributed by atoms with van der Waals surface area (Å²) in [6, 6.07) is 19.5. The van der Waals surface area contributed by atoms with Gasteiger partial charge in [0, 0.05) is 35.1 Å². The lowest BCUT2D eigenvalue weighted by Crippen LogP contribution is -2.52. The number of para-hydroxylation sites is 1. The number of unbranched alkanes of at least 4 members (excludes halogenated alkanes) is 1. The van der Waals surface area contributed by atoms with E-state index in [4.69, 9.17) is 27.9 Å². The van der Waals surface area contributed by atoms with Crippen LogP contribution in [0.2, 0.25) is 10.0 Å². The van der Waals surface area contributed by atoms with E-state index in [1.165, 1.54) is 23.1 Å². The van der Waals surface area contributed by atoms with E-state index in [-0.39, 0.29) is 24.6 Å². The van der Waals surface area contributed by atoms with Crippen LogP contribution >= 0.6 is 23.2 Å². The van der Waals surface area contributed by atoms with Crippen LogP contribution in [0.4, 0.5) is 4.39 Å². The molecule has 0 radical (unpaired) electrons. The van der Waals surface area contributed by atoms with E-state index in [0.717, 1.165) is 18.4 Å². The molecule has 3 aromatic rings. The SMILES string of the molecule is CCCCNC(=O)[C@@H](Cc1ccccc1)N(Cc1c(Cl)cccc1Cl)C(=O)COc1ccccc1F. The van der Waals surface area contributed by atoms with Gasteiger partial charge in [0.2, 0.25) is 5.91 Å². The van der Waals surface area contributed by atoms with E-state index in [1.54, 1.807) is 24.3 Å². The highest BCUT2D eigenvalue weighted by atomic mass is 35.5. The Kier molecular flexibility index (Phi) is 10.6. The van der Waals surface area contributed by atoms with Gasteiger partial charge in [0.25, 0.3) is 5.91 Å². The van der Waals surface area contributed by atoms with Crippen LogP contribution in [0.3, 0.4) is 0 Å². The third kappa shape index (κ3) is 7.70. The van der Waals surface area contributed by atoms with E-state index in [1.807, 2.05) is 37.3 Å². The largest absolute Gasteiger partial charge is 0.481 e. The quantitative estimate of drug-likeness (QED) is 0.289. The minimum Gasteiger partial charge on any atom is -0.481 e. The van der Waals surface area contributed by atoms with Gasteiger partial charge in [0.05, 0.1) is 0 Å². The maximum atomic E-state index is 14.1. The zero-order valence-electron chi connectivity index (χ0n) is 20.1. The van der Waals surface area contributed by atoms with Gasteiger partial charge < -0.3 is 15.0 Å². The lowest BCUT2D eigenvalue weighted by molar-refractivity contribution is -0.142. The summed E-state index contributed by atoms with van der Waals surface area (Å²) in [4.78, 5) is 28.3. The van der Waals surface area contributed by atoms with Gasteiger partial charge in [-0.3, -0.25) is 9.59 Å². The predicted octanol–water partition coefficient (Wildman–Crippen LogP) is 6.07. The molecule has 0 saturated heterocycles. The third-order valence-electron chi connectivity index (χ3n) is 5.68. The molecule has 36 heavy (non-hydrogen) atoms. The molecule has 0 unspecified atom stereocenters. The number of amides is 2. The molecule has 0 bridgehead atoms. The fourth-order valence-corrected chi connectivity index (χ4v) is 4.22. The normalized spacial score (nSPS) is 11.6. The zero-order valence-corrected chi connectivity index (χ0v) is 21.6. The van der Waals surface area contributed by atoms with Crippen molar-refractivity contribution in [1.29, 1.82) is 0 Å². The smallest absolute Gasteiger partial charge is 0.261 e. The molecule has 3 aromatic carbocycles. The Bertz CT molecular complexity index is 1140. The van der Waals surface area contributed by atoms with Crippen molar-refractivity contribution in [2.75, 3.05) is 13.2 Å². The van der Waals surface area contributed by atoms with Crippen molar-refractivity contribution in [3.8, 4) is 5.75 Å². The van der Waals surface area contributed by atoms with E-state index in [2.05, 4.69) is 5.32 Å². The molecule has 190 valence electrons. The second-order valence-corrected chi connectivity index (χ2v) is 9.11. The standard InChI is InChI=1S/C28H29Cl2FN2O3/c1-2-3-16-32-28(35)25(17-20-10-5-4-6-11-20)33(18-21-22(29)12-9-13-23(21)30)27(34)19-36-26-15-8-7-14-24(26)31/h4-15,25H,2-3,16-19H2,1H3,(H,32,35)/t25-/m1/s1. The molecule has 0 fully saturated rings. The summed E-state index contributed by atoms with van der Waals surface area (Å²) in [5.74, 6) is -1.42. The summed E-state index contributed by atoms with van der Waals surface area (Å²) < 4.78 is 19.6. The molecular weight excluding hydrogens is 502 g/mol. The van der Waals surface area contributed by atoms with Crippen LogP contribution < -0.4 is 10.1 Å². The number of hydrogen-bond acceptors (Lipinski definition) is 3. The highest BCUT2D eigenvalue weighted by Crippen LogP contribution is 2.27. The molecule has 0 aromatic heterocycles. The van der Waals surface area contributed by atoms with Gasteiger partial charge in [-0.2, -0.15) is 0 Å². The number of halogens is 3. The Morgan fingerprint density at radius 1 is 0.972 bits per heavy atom. The van der Waals surface area contributed by atoms with Crippen LogP contribution in [0.5, 0.6) is 5.75 Å². The van der Waals surface area contributed by atoms with Crippen molar-refractivity contribution >= 4 is 35.0 Å². The number of rotatable bonds is 12. The second-order valence-electron chi connectivity index (χ2n) is 8.29. The van der Waals surface area contributed by atoms with Crippen molar-refractivity contribution < 1.29 is 18.7 Å². The summed E-state index contributed by atoms with van der Waals surface area (Å²) in [7, 11) is 0. The topological polar surface area (TPSA) is 58.6 Å². The average Bonchev–Trinajstić information content (AvgIpc) is 2.87. The fraction of sp³-hybridized carbons (Fsp3) is 0.286. The van der Waals surface area contributed by atoms with Crippen molar-refractivity contribution in [3.05, 3.63) is 99.8 Å². The molecular formula is C28H29Cl2FN2O3. The fourth-order valence-electron chi connectivity index (χ4n) is 3.70. The number of carbonyl (C=O) groups excluding carboxylic acids is 2. The Morgan fingerprint density at radius 2 is 1.64 bits per heavy atom. The van der Waals surface area contributed by atoms with Crippen LogP contribution in [0, 0.1) is 5.82 Å². The monoisotopic (exact) mass is 530 g/mol. The molecule has 0 heterocycles. The molecule has 5 nitrogen and oxygen atoms in total. The Hall–Kier alpha value is -3.09. The molecule has 0 saturated carbocycles. The van der Waals surface area contributed by atoms with Crippen molar-refractivity contribution in [1.82, 2.24) is 10.2 Å². The van der Waals surface area contributed by atoms with Crippen molar-refractivity contribution in [2.24, 2.45) is 0 Å². The number of benzene rings is 3. The highest BCUT2D eigenvalue weighted by Gasteiger charge is 2.31. The van der Waals surface area contributed by atoms with Crippen LogP contribution in [0.1, 0.15) is 30.9 Å². The van der Waals surface area contributed by atoms with Crippen LogP contribution in [0.15, 0.2) is 72.8 Å². The van der Waals surface area contributed by atoms with Crippen molar-refractivity contribution in [2.45, 2.75) is 38.8 Å². The van der Waals surface area contributed by atoms with Gasteiger partial charge in [0.1, 0.15) is 6.04 Å².